The molecule has 0 saturated carbocycles. The molecule has 2 aromatic carbocycles. The fourth-order valence-electron chi connectivity index (χ4n) is 1.63. The van der Waals surface area contributed by atoms with E-state index in [1.807, 2.05) is 4.72 Å². The van der Waals surface area contributed by atoms with E-state index in [0.29, 0.717) is 0 Å². The van der Waals surface area contributed by atoms with Gasteiger partial charge in [0.1, 0.15) is 11.6 Å². The SMILES string of the molecule is O=C(O)c1cccc(F)c1NS(=O)(=O)c1cccc(F)c1. The van der Waals surface area contributed by atoms with Gasteiger partial charge in [0.25, 0.3) is 10.0 Å². The number of nitrogens with one attached hydrogen (secondary N) is 1. The van der Waals surface area contributed by atoms with Gasteiger partial charge in [-0.15, -0.1) is 0 Å². The predicted molar refractivity (Wildman–Crippen MR) is 70.6 cm³/mol. The number of sulfonamides is 1. The first kappa shape index (κ1) is 14.9. The summed E-state index contributed by atoms with van der Waals surface area (Å²) in [4.78, 5) is 10.5. The van der Waals surface area contributed by atoms with Gasteiger partial charge in [-0.3, -0.25) is 4.72 Å². The smallest absolute Gasteiger partial charge is 0.337 e. The van der Waals surface area contributed by atoms with Crippen LogP contribution in [0.1, 0.15) is 10.4 Å². The summed E-state index contributed by atoms with van der Waals surface area (Å²) < 4.78 is 52.7. The van der Waals surface area contributed by atoms with E-state index in [1.165, 1.54) is 6.07 Å². The first-order valence-electron chi connectivity index (χ1n) is 5.61. The highest BCUT2D eigenvalue weighted by molar-refractivity contribution is 7.92. The minimum absolute atomic E-state index is 0.443. The lowest BCUT2D eigenvalue weighted by Crippen LogP contribution is -2.17. The van der Waals surface area contributed by atoms with Gasteiger partial charge in [-0.05, 0) is 30.3 Å². The Labute approximate surface area is 118 Å². The minimum Gasteiger partial charge on any atom is -0.478 e. The molecular weight excluding hydrogens is 304 g/mol. The van der Waals surface area contributed by atoms with Crippen molar-refractivity contribution in [2.45, 2.75) is 4.90 Å². The molecule has 0 spiro atoms. The lowest BCUT2D eigenvalue weighted by atomic mass is 10.2. The van der Waals surface area contributed by atoms with E-state index < -0.39 is 43.8 Å². The van der Waals surface area contributed by atoms with E-state index in [1.54, 1.807) is 0 Å². The van der Waals surface area contributed by atoms with Crippen molar-refractivity contribution in [3.8, 4) is 0 Å². The zero-order chi connectivity index (χ0) is 15.6. The molecule has 0 amide bonds. The van der Waals surface area contributed by atoms with Crippen molar-refractivity contribution >= 4 is 21.7 Å². The fraction of sp³-hybridized carbons (Fsp3) is 0. The molecule has 0 radical (unpaired) electrons. The number of rotatable bonds is 4. The highest BCUT2D eigenvalue weighted by Gasteiger charge is 2.21. The Morgan fingerprint density at radius 2 is 1.76 bits per heavy atom. The number of carboxylic acids is 1. The van der Waals surface area contributed by atoms with Gasteiger partial charge in [0, 0.05) is 0 Å². The molecule has 5 nitrogen and oxygen atoms in total. The summed E-state index contributed by atoms with van der Waals surface area (Å²) in [5.41, 5.74) is -1.25. The quantitative estimate of drug-likeness (QED) is 0.908. The maximum Gasteiger partial charge on any atom is 0.337 e. The Morgan fingerprint density at radius 1 is 1.10 bits per heavy atom. The molecule has 0 aromatic heterocycles. The average Bonchev–Trinajstić information content (AvgIpc) is 2.40. The van der Waals surface area contributed by atoms with Gasteiger partial charge in [-0.1, -0.05) is 12.1 Å². The maximum atomic E-state index is 13.7. The standard InChI is InChI=1S/C13H9F2NO4S/c14-8-3-1-4-9(7-8)21(19,20)16-12-10(13(17)18)5-2-6-11(12)15/h1-7,16H,(H,17,18). The summed E-state index contributed by atoms with van der Waals surface area (Å²) in [5, 5.41) is 8.94. The number of hydrogen-bond donors (Lipinski definition) is 2. The van der Waals surface area contributed by atoms with Crippen LogP contribution in [0, 0.1) is 11.6 Å². The Morgan fingerprint density at radius 3 is 2.38 bits per heavy atom. The number of para-hydroxylation sites is 1. The molecule has 2 rings (SSSR count). The molecule has 0 aliphatic rings. The normalized spacial score (nSPS) is 11.1. The van der Waals surface area contributed by atoms with Crippen LogP contribution >= 0.6 is 0 Å². The van der Waals surface area contributed by atoms with Crippen molar-refractivity contribution in [1.82, 2.24) is 0 Å². The molecular formula is C13H9F2NO4S. The number of carbonyl (C=O) groups is 1. The van der Waals surface area contributed by atoms with Crippen molar-refractivity contribution in [2.24, 2.45) is 0 Å². The average molecular weight is 313 g/mol. The minimum atomic E-state index is -4.31. The molecule has 0 heterocycles. The molecule has 2 N–H and O–H groups in total. The van der Waals surface area contributed by atoms with Crippen molar-refractivity contribution in [3.63, 3.8) is 0 Å². The van der Waals surface area contributed by atoms with Gasteiger partial charge >= 0.3 is 5.97 Å². The monoisotopic (exact) mass is 313 g/mol. The van der Waals surface area contributed by atoms with E-state index in [-0.39, 0.29) is 0 Å². The fourth-order valence-corrected chi connectivity index (χ4v) is 2.75. The maximum absolute atomic E-state index is 13.7. The van der Waals surface area contributed by atoms with E-state index >= 15 is 0 Å². The molecule has 0 saturated heterocycles. The largest absolute Gasteiger partial charge is 0.478 e. The third kappa shape index (κ3) is 3.16. The summed E-state index contributed by atoms with van der Waals surface area (Å²) in [6.45, 7) is 0. The van der Waals surface area contributed by atoms with Crippen LogP contribution in [0.5, 0.6) is 0 Å². The molecule has 0 bridgehead atoms. The third-order valence-electron chi connectivity index (χ3n) is 2.59. The number of benzene rings is 2. The van der Waals surface area contributed by atoms with Gasteiger partial charge in [0.15, 0.2) is 0 Å². The van der Waals surface area contributed by atoms with Crippen LogP contribution in [-0.4, -0.2) is 19.5 Å². The highest BCUT2D eigenvalue weighted by Crippen LogP contribution is 2.23. The molecule has 110 valence electrons. The molecule has 21 heavy (non-hydrogen) atoms. The second-order valence-electron chi connectivity index (χ2n) is 4.03. The van der Waals surface area contributed by atoms with Gasteiger partial charge < -0.3 is 5.11 Å². The van der Waals surface area contributed by atoms with Crippen LogP contribution in [0.4, 0.5) is 14.5 Å². The van der Waals surface area contributed by atoms with E-state index in [0.717, 1.165) is 36.4 Å². The van der Waals surface area contributed by atoms with Crippen molar-refractivity contribution in [2.75, 3.05) is 4.72 Å². The van der Waals surface area contributed by atoms with Crippen LogP contribution < -0.4 is 4.72 Å². The molecule has 2 aromatic rings. The zero-order valence-electron chi connectivity index (χ0n) is 10.4. The summed E-state index contributed by atoms with van der Waals surface area (Å²) in [6.07, 6.45) is 0. The van der Waals surface area contributed by atoms with Gasteiger partial charge in [0.05, 0.1) is 16.1 Å². The van der Waals surface area contributed by atoms with Crippen LogP contribution in [0.3, 0.4) is 0 Å². The van der Waals surface area contributed by atoms with Crippen molar-refractivity contribution in [1.29, 1.82) is 0 Å². The first-order valence-corrected chi connectivity index (χ1v) is 7.10. The Hall–Kier alpha value is -2.48. The number of hydrogen-bond acceptors (Lipinski definition) is 3. The van der Waals surface area contributed by atoms with E-state index in [2.05, 4.69) is 0 Å². The van der Waals surface area contributed by atoms with Crippen LogP contribution in [-0.2, 0) is 10.0 Å². The van der Waals surface area contributed by atoms with Crippen LogP contribution in [0.25, 0.3) is 0 Å². The van der Waals surface area contributed by atoms with Crippen LogP contribution in [0.2, 0.25) is 0 Å². The third-order valence-corrected chi connectivity index (χ3v) is 3.93. The molecule has 0 fully saturated rings. The Bertz CT molecular complexity index is 806. The number of halogens is 2. The molecule has 0 unspecified atom stereocenters. The number of carboxylic acid groups (broad SMARTS) is 1. The lowest BCUT2D eigenvalue weighted by Gasteiger charge is -2.11. The lowest BCUT2D eigenvalue weighted by molar-refractivity contribution is 0.0697. The Balaban J connectivity index is 2.49. The highest BCUT2D eigenvalue weighted by atomic mass is 32.2. The summed E-state index contributed by atoms with van der Waals surface area (Å²) in [5.74, 6) is -3.33. The van der Waals surface area contributed by atoms with E-state index in [4.69, 9.17) is 5.11 Å². The summed E-state index contributed by atoms with van der Waals surface area (Å²) >= 11 is 0. The number of aromatic carboxylic acids is 1. The topological polar surface area (TPSA) is 83.5 Å². The summed E-state index contributed by atoms with van der Waals surface area (Å²) in [6, 6.07) is 7.16. The second-order valence-corrected chi connectivity index (χ2v) is 5.71. The van der Waals surface area contributed by atoms with Gasteiger partial charge in [-0.25, -0.2) is 22.0 Å². The first-order chi connectivity index (χ1) is 9.81. The van der Waals surface area contributed by atoms with Gasteiger partial charge in [-0.2, -0.15) is 0 Å². The van der Waals surface area contributed by atoms with Crippen molar-refractivity contribution in [3.05, 3.63) is 59.7 Å². The molecule has 0 aliphatic heterocycles. The van der Waals surface area contributed by atoms with Gasteiger partial charge in [0.2, 0.25) is 0 Å². The molecule has 0 aliphatic carbocycles. The molecule has 0 atom stereocenters. The van der Waals surface area contributed by atoms with Crippen LogP contribution in [0.15, 0.2) is 47.4 Å². The zero-order valence-corrected chi connectivity index (χ0v) is 11.2. The number of anilines is 1. The summed E-state index contributed by atoms with van der Waals surface area (Å²) in [7, 11) is -4.31. The van der Waals surface area contributed by atoms with E-state index in [9.17, 15) is 22.0 Å². The molecule has 8 heteroatoms. The Kier molecular flexibility index (Phi) is 3.90. The second kappa shape index (κ2) is 5.49. The van der Waals surface area contributed by atoms with Crippen molar-refractivity contribution < 1.29 is 27.1 Å². The predicted octanol–water partition coefficient (Wildman–Crippen LogP) is 2.46.